The lowest BCUT2D eigenvalue weighted by molar-refractivity contribution is -0.123. The minimum atomic E-state index is -0.993. The van der Waals surface area contributed by atoms with Crippen molar-refractivity contribution >= 4 is 52.5 Å². The maximum Gasteiger partial charge on any atom is 0.258 e. The predicted molar refractivity (Wildman–Crippen MR) is 121 cm³/mol. The molecular formula is C21H23Cl2N5O3. The van der Waals surface area contributed by atoms with E-state index < -0.39 is 17.4 Å². The van der Waals surface area contributed by atoms with Crippen LogP contribution in [0.5, 0.6) is 0 Å². The van der Waals surface area contributed by atoms with Gasteiger partial charge in [-0.05, 0) is 37.8 Å². The van der Waals surface area contributed by atoms with E-state index in [2.05, 4.69) is 32.4 Å². The van der Waals surface area contributed by atoms with E-state index in [1.807, 2.05) is 0 Å². The number of halogens is 2. The van der Waals surface area contributed by atoms with E-state index in [0.29, 0.717) is 11.6 Å². The summed E-state index contributed by atoms with van der Waals surface area (Å²) in [5, 5.41) is 5.82. The Labute approximate surface area is 189 Å². The summed E-state index contributed by atoms with van der Waals surface area (Å²) in [6, 6.07) is 5.12. The lowest BCUT2D eigenvalue weighted by atomic mass is 9.92. The normalized spacial score (nSPS) is 20.7. The van der Waals surface area contributed by atoms with Crippen LogP contribution in [0, 0.1) is 0 Å². The van der Waals surface area contributed by atoms with Crippen LogP contribution in [0.3, 0.4) is 0 Å². The summed E-state index contributed by atoms with van der Waals surface area (Å²) in [5.74, 6) is -1.33. The molecule has 1 saturated heterocycles. The van der Waals surface area contributed by atoms with Crippen LogP contribution in [0.15, 0.2) is 23.0 Å². The molecule has 1 aromatic carbocycles. The summed E-state index contributed by atoms with van der Waals surface area (Å²) < 4.78 is 0. The van der Waals surface area contributed by atoms with Crippen molar-refractivity contribution in [2.45, 2.75) is 51.0 Å². The summed E-state index contributed by atoms with van der Waals surface area (Å²) in [4.78, 5) is 47.8. The number of carbonyl (C=O) groups excluding carboxylic acids is 2. The fourth-order valence-electron chi connectivity index (χ4n) is 4.24. The van der Waals surface area contributed by atoms with Gasteiger partial charge in [0.25, 0.3) is 5.56 Å². The highest BCUT2D eigenvalue weighted by molar-refractivity contribution is 6.44. The molecule has 1 aromatic heterocycles. The smallest absolute Gasteiger partial charge is 0.258 e. The largest absolute Gasteiger partial charge is 0.339 e. The van der Waals surface area contributed by atoms with E-state index >= 15 is 0 Å². The molecule has 2 amide bonds. The maximum absolute atomic E-state index is 13.0. The van der Waals surface area contributed by atoms with Crippen molar-refractivity contribution in [1.29, 1.82) is 0 Å². The molecule has 3 N–H and O–H groups in total. The molecule has 8 nitrogen and oxygen atoms in total. The molecule has 2 aliphatic heterocycles. The Bertz CT molecular complexity index is 1090. The van der Waals surface area contributed by atoms with Crippen molar-refractivity contribution in [3.63, 3.8) is 0 Å². The van der Waals surface area contributed by atoms with Gasteiger partial charge >= 0.3 is 0 Å². The van der Waals surface area contributed by atoms with Crippen molar-refractivity contribution in [2.75, 3.05) is 22.1 Å². The Hall–Kier alpha value is -2.58. The van der Waals surface area contributed by atoms with Gasteiger partial charge in [-0.3, -0.25) is 19.4 Å². The molecule has 2 atom stereocenters. The number of benzene rings is 1. The molecule has 164 valence electrons. The minimum Gasteiger partial charge on any atom is -0.339 e. The van der Waals surface area contributed by atoms with Gasteiger partial charge in [-0.15, -0.1) is 0 Å². The fraction of sp³-hybridized carbons (Fsp3) is 0.429. The third-order valence-corrected chi connectivity index (χ3v) is 6.65. The second-order valence-corrected chi connectivity index (χ2v) is 8.58. The lowest BCUT2D eigenvalue weighted by Gasteiger charge is -2.36. The number of amides is 2. The fourth-order valence-corrected chi connectivity index (χ4v) is 4.59. The number of carbonyl (C=O) groups is 2. The lowest BCUT2D eigenvalue weighted by Crippen LogP contribution is -2.43. The molecule has 10 heteroatoms. The van der Waals surface area contributed by atoms with Crippen LogP contribution < -0.4 is 21.1 Å². The molecule has 0 radical (unpaired) electrons. The summed E-state index contributed by atoms with van der Waals surface area (Å²) in [5.41, 5.74) is 0.0219. The van der Waals surface area contributed by atoms with E-state index in [9.17, 15) is 14.4 Å². The Morgan fingerprint density at radius 1 is 1.29 bits per heavy atom. The second kappa shape index (κ2) is 8.88. The van der Waals surface area contributed by atoms with Gasteiger partial charge in [-0.25, -0.2) is 0 Å². The number of hydrogen-bond donors (Lipinski definition) is 3. The summed E-state index contributed by atoms with van der Waals surface area (Å²) >= 11 is 12.2. The molecular weight excluding hydrogens is 441 g/mol. The predicted octanol–water partition coefficient (Wildman–Crippen LogP) is 3.91. The van der Waals surface area contributed by atoms with Crippen LogP contribution in [0.4, 0.5) is 17.5 Å². The first-order valence-corrected chi connectivity index (χ1v) is 11.1. The summed E-state index contributed by atoms with van der Waals surface area (Å²) in [6.07, 6.45) is 3.93. The summed E-state index contributed by atoms with van der Waals surface area (Å²) in [7, 11) is 0. The molecule has 0 spiro atoms. The highest BCUT2D eigenvalue weighted by Gasteiger charge is 2.36. The molecule has 3 heterocycles. The van der Waals surface area contributed by atoms with Gasteiger partial charge < -0.3 is 15.5 Å². The third kappa shape index (κ3) is 4.27. The molecule has 4 rings (SSSR count). The molecule has 0 unspecified atom stereocenters. The van der Waals surface area contributed by atoms with Gasteiger partial charge in [-0.1, -0.05) is 36.2 Å². The zero-order valence-electron chi connectivity index (χ0n) is 17.0. The number of anilines is 3. The third-order valence-electron chi connectivity index (χ3n) is 5.83. The first kappa shape index (κ1) is 21.6. The molecule has 31 heavy (non-hydrogen) atoms. The number of aromatic amines is 1. The van der Waals surface area contributed by atoms with E-state index in [4.69, 9.17) is 23.2 Å². The zero-order chi connectivity index (χ0) is 22.1. The Morgan fingerprint density at radius 3 is 2.87 bits per heavy atom. The van der Waals surface area contributed by atoms with Gasteiger partial charge in [0.15, 0.2) is 0 Å². The standard InChI is InChI=1S/C21H23Cl2N5O3/c1-2-11-6-3-4-9-28(11)21-26-18-16(20(31)27-21)12(10-15(29)25-18)19(30)24-14-8-5-7-13(22)17(14)23/h5,7-8,11-12H,2-4,6,9-10H2,1H3,(H,24,30)(H2,25,26,27,29,31)/t11-,12+/m1/s1. The molecule has 0 bridgehead atoms. The number of nitrogens with zero attached hydrogens (tertiary/aromatic N) is 2. The number of fused-ring (bicyclic) bond motifs is 1. The van der Waals surface area contributed by atoms with Gasteiger partial charge in [0.1, 0.15) is 5.82 Å². The quantitative estimate of drug-likeness (QED) is 0.636. The average Bonchev–Trinajstić information content (AvgIpc) is 2.75. The number of aromatic nitrogens is 2. The van der Waals surface area contributed by atoms with Crippen LogP contribution >= 0.6 is 23.2 Å². The van der Waals surface area contributed by atoms with Crippen LogP contribution in [-0.4, -0.2) is 34.4 Å². The highest BCUT2D eigenvalue weighted by atomic mass is 35.5. The molecule has 1 fully saturated rings. The van der Waals surface area contributed by atoms with E-state index in [0.717, 1.165) is 32.2 Å². The average molecular weight is 464 g/mol. The second-order valence-electron chi connectivity index (χ2n) is 7.80. The molecule has 2 aliphatic rings. The Balaban J connectivity index is 1.67. The number of rotatable bonds is 4. The summed E-state index contributed by atoms with van der Waals surface area (Å²) in [6.45, 7) is 2.88. The van der Waals surface area contributed by atoms with Crippen molar-refractivity contribution in [2.24, 2.45) is 0 Å². The van der Waals surface area contributed by atoms with Crippen molar-refractivity contribution in [3.8, 4) is 0 Å². The Kier molecular flexibility index (Phi) is 6.20. The zero-order valence-corrected chi connectivity index (χ0v) is 18.5. The van der Waals surface area contributed by atoms with Crippen molar-refractivity contribution in [1.82, 2.24) is 9.97 Å². The maximum atomic E-state index is 13.0. The van der Waals surface area contributed by atoms with Crippen LogP contribution in [-0.2, 0) is 9.59 Å². The topological polar surface area (TPSA) is 107 Å². The van der Waals surface area contributed by atoms with Crippen LogP contribution in [0.1, 0.15) is 50.5 Å². The molecule has 0 aliphatic carbocycles. The van der Waals surface area contributed by atoms with E-state index in [-0.39, 0.29) is 39.8 Å². The minimum absolute atomic E-state index is 0.132. The van der Waals surface area contributed by atoms with Gasteiger partial charge in [0.05, 0.1) is 27.2 Å². The highest BCUT2D eigenvalue weighted by Crippen LogP contribution is 2.34. The van der Waals surface area contributed by atoms with E-state index in [1.54, 1.807) is 18.2 Å². The van der Waals surface area contributed by atoms with Gasteiger partial charge in [0.2, 0.25) is 17.8 Å². The first-order chi connectivity index (χ1) is 14.9. The molecule has 0 saturated carbocycles. The van der Waals surface area contributed by atoms with Gasteiger partial charge in [-0.2, -0.15) is 4.98 Å². The van der Waals surface area contributed by atoms with Crippen molar-refractivity contribution in [3.05, 3.63) is 44.2 Å². The number of nitrogens with one attached hydrogen (secondary N) is 3. The molecule has 2 aromatic rings. The number of piperidine rings is 1. The van der Waals surface area contributed by atoms with Gasteiger partial charge in [0, 0.05) is 19.0 Å². The number of hydrogen-bond acceptors (Lipinski definition) is 5. The number of H-pyrrole nitrogens is 1. The Morgan fingerprint density at radius 2 is 2.10 bits per heavy atom. The van der Waals surface area contributed by atoms with E-state index in [1.165, 1.54) is 0 Å². The monoisotopic (exact) mass is 463 g/mol. The van der Waals surface area contributed by atoms with Crippen molar-refractivity contribution < 1.29 is 9.59 Å². The van der Waals surface area contributed by atoms with Crippen LogP contribution in [0.2, 0.25) is 10.0 Å². The first-order valence-electron chi connectivity index (χ1n) is 10.3. The van der Waals surface area contributed by atoms with Crippen LogP contribution in [0.25, 0.3) is 0 Å². The SMILES string of the molecule is CC[C@@H]1CCCCN1c1nc2c(c(=O)[nH]1)[C@@H](C(=O)Nc1cccc(Cl)c1Cl)CC(=O)N2.